The molecule has 16 heavy (non-hydrogen) atoms. The second-order valence-electron chi connectivity index (χ2n) is 4.56. The highest BCUT2D eigenvalue weighted by Crippen LogP contribution is 2.32. The zero-order valence-electron chi connectivity index (χ0n) is 9.19. The van der Waals surface area contributed by atoms with Gasteiger partial charge < -0.3 is 4.40 Å². The maximum absolute atomic E-state index is 6.15. The van der Waals surface area contributed by atoms with E-state index in [4.69, 9.17) is 11.6 Å². The van der Waals surface area contributed by atoms with E-state index in [1.807, 2.05) is 18.3 Å². The largest absolute Gasteiger partial charge is 0.302 e. The molecule has 3 heteroatoms. The Balaban J connectivity index is 2.06. The number of hydrogen-bond acceptors (Lipinski definition) is 1. The summed E-state index contributed by atoms with van der Waals surface area (Å²) in [5.74, 6) is 1.81. The minimum atomic E-state index is 0.620. The van der Waals surface area contributed by atoms with Gasteiger partial charge in [-0.1, -0.05) is 30.9 Å². The molecule has 0 aliphatic heterocycles. The Morgan fingerprint density at radius 3 is 2.88 bits per heavy atom. The van der Waals surface area contributed by atoms with Gasteiger partial charge >= 0.3 is 0 Å². The molecule has 2 heterocycles. The maximum Gasteiger partial charge on any atom is 0.116 e. The van der Waals surface area contributed by atoms with E-state index >= 15 is 0 Å². The van der Waals surface area contributed by atoms with Crippen LogP contribution >= 0.6 is 11.6 Å². The van der Waals surface area contributed by atoms with Gasteiger partial charge in [0.15, 0.2) is 0 Å². The maximum atomic E-state index is 6.15. The van der Waals surface area contributed by atoms with Crippen LogP contribution in [0.4, 0.5) is 0 Å². The first kappa shape index (κ1) is 10.2. The Kier molecular flexibility index (Phi) is 2.60. The number of nitrogens with zero attached hydrogens (tertiary/aromatic N) is 2. The van der Waals surface area contributed by atoms with Gasteiger partial charge in [0.05, 0.1) is 16.7 Å². The average molecular weight is 235 g/mol. The van der Waals surface area contributed by atoms with Crippen LogP contribution in [-0.2, 0) is 0 Å². The fraction of sp³-hybridized carbons (Fsp3) is 0.462. The summed E-state index contributed by atoms with van der Waals surface area (Å²) in [6.07, 6.45) is 10.5. The molecule has 0 N–H and O–H groups in total. The van der Waals surface area contributed by atoms with Crippen LogP contribution in [0.1, 0.15) is 43.8 Å². The van der Waals surface area contributed by atoms with E-state index in [2.05, 4.69) is 15.6 Å². The third kappa shape index (κ3) is 1.61. The Morgan fingerprint density at radius 2 is 2.06 bits per heavy atom. The summed E-state index contributed by atoms with van der Waals surface area (Å²) in [6, 6.07) is 3.91. The highest BCUT2D eigenvalue weighted by molar-refractivity contribution is 6.33. The van der Waals surface area contributed by atoms with Gasteiger partial charge in [0.2, 0.25) is 0 Å². The number of pyridine rings is 1. The second kappa shape index (κ2) is 4.10. The zero-order chi connectivity index (χ0) is 11.0. The first-order chi connectivity index (χ1) is 7.86. The Morgan fingerprint density at radius 1 is 1.25 bits per heavy atom. The zero-order valence-corrected chi connectivity index (χ0v) is 9.95. The Labute approximate surface area is 100 Å². The molecule has 0 aromatic carbocycles. The molecular weight excluding hydrogens is 220 g/mol. The van der Waals surface area contributed by atoms with Crippen molar-refractivity contribution in [3.8, 4) is 0 Å². The molecule has 1 saturated carbocycles. The van der Waals surface area contributed by atoms with E-state index in [-0.39, 0.29) is 0 Å². The molecule has 1 aliphatic rings. The van der Waals surface area contributed by atoms with Crippen molar-refractivity contribution in [2.24, 2.45) is 0 Å². The summed E-state index contributed by atoms with van der Waals surface area (Å²) >= 11 is 6.15. The third-order valence-electron chi connectivity index (χ3n) is 3.52. The van der Waals surface area contributed by atoms with Crippen LogP contribution in [-0.4, -0.2) is 9.38 Å². The fourth-order valence-corrected chi connectivity index (χ4v) is 2.88. The number of aromatic nitrogens is 2. The third-order valence-corrected chi connectivity index (χ3v) is 3.84. The molecule has 0 atom stereocenters. The van der Waals surface area contributed by atoms with Crippen LogP contribution < -0.4 is 0 Å². The van der Waals surface area contributed by atoms with Crippen molar-refractivity contribution in [2.45, 2.75) is 38.0 Å². The molecule has 0 unspecified atom stereocenters. The van der Waals surface area contributed by atoms with Gasteiger partial charge in [-0.3, -0.25) is 0 Å². The highest BCUT2D eigenvalue weighted by atomic mass is 35.5. The predicted molar refractivity (Wildman–Crippen MR) is 66.0 cm³/mol. The van der Waals surface area contributed by atoms with Crippen molar-refractivity contribution >= 4 is 17.1 Å². The monoisotopic (exact) mass is 234 g/mol. The number of rotatable bonds is 1. The van der Waals surface area contributed by atoms with Crippen molar-refractivity contribution in [1.82, 2.24) is 9.38 Å². The van der Waals surface area contributed by atoms with Gasteiger partial charge in [-0.15, -0.1) is 0 Å². The SMILES string of the molecule is Clc1cccn2c(C3CCCCC3)ncc12. The van der Waals surface area contributed by atoms with Gasteiger partial charge in [-0.2, -0.15) is 0 Å². The van der Waals surface area contributed by atoms with Crippen molar-refractivity contribution in [3.05, 3.63) is 35.4 Å². The minimum Gasteiger partial charge on any atom is -0.302 e. The average Bonchev–Trinajstić information content (AvgIpc) is 2.75. The molecule has 0 bridgehead atoms. The summed E-state index contributed by atoms with van der Waals surface area (Å²) in [5.41, 5.74) is 1.03. The molecule has 2 aromatic rings. The van der Waals surface area contributed by atoms with Gasteiger partial charge in [-0.05, 0) is 25.0 Å². The van der Waals surface area contributed by atoms with Crippen LogP contribution in [0.5, 0.6) is 0 Å². The summed E-state index contributed by atoms with van der Waals surface area (Å²) < 4.78 is 2.15. The number of halogens is 1. The molecule has 0 spiro atoms. The molecular formula is C13H15ClN2. The van der Waals surface area contributed by atoms with Crippen LogP contribution in [0.2, 0.25) is 5.02 Å². The van der Waals surface area contributed by atoms with E-state index < -0.39 is 0 Å². The lowest BCUT2D eigenvalue weighted by atomic mass is 9.89. The van der Waals surface area contributed by atoms with Gasteiger partial charge in [0.25, 0.3) is 0 Å². The topological polar surface area (TPSA) is 17.3 Å². The molecule has 0 amide bonds. The molecule has 0 saturated heterocycles. The summed E-state index contributed by atoms with van der Waals surface area (Å²) in [4.78, 5) is 4.56. The summed E-state index contributed by atoms with van der Waals surface area (Å²) in [7, 11) is 0. The van der Waals surface area contributed by atoms with E-state index in [0.717, 1.165) is 10.5 Å². The Bertz CT molecular complexity index is 498. The predicted octanol–water partition coefficient (Wildman–Crippen LogP) is 4.04. The summed E-state index contributed by atoms with van der Waals surface area (Å²) in [5, 5.41) is 0.789. The van der Waals surface area contributed by atoms with Crippen LogP contribution in [0, 0.1) is 0 Å². The van der Waals surface area contributed by atoms with Crippen LogP contribution in [0.3, 0.4) is 0 Å². The van der Waals surface area contributed by atoms with Gasteiger partial charge in [0.1, 0.15) is 5.82 Å². The highest BCUT2D eigenvalue weighted by Gasteiger charge is 2.19. The van der Waals surface area contributed by atoms with Crippen molar-refractivity contribution in [1.29, 1.82) is 0 Å². The quantitative estimate of drug-likeness (QED) is 0.728. The second-order valence-corrected chi connectivity index (χ2v) is 4.97. The van der Waals surface area contributed by atoms with Crippen LogP contribution in [0.15, 0.2) is 24.5 Å². The van der Waals surface area contributed by atoms with Crippen molar-refractivity contribution in [3.63, 3.8) is 0 Å². The normalized spacial score (nSPS) is 18.1. The van der Waals surface area contributed by atoms with E-state index in [1.54, 1.807) is 0 Å². The smallest absolute Gasteiger partial charge is 0.116 e. The van der Waals surface area contributed by atoms with E-state index in [0.29, 0.717) is 5.92 Å². The van der Waals surface area contributed by atoms with E-state index in [1.165, 1.54) is 37.9 Å². The van der Waals surface area contributed by atoms with Crippen molar-refractivity contribution < 1.29 is 0 Å². The molecule has 84 valence electrons. The Hall–Kier alpha value is -1.02. The van der Waals surface area contributed by atoms with Gasteiger partial charge in [-0.25, -0.2) is 4.98 Å². The van der Waals surface area contributed by atoms with Crippen LogP contribution in [0.25, 0.3) is 5.52 Å². The number of hydrogen-bond donors (Lipinski definition) is 0. The van der Waals surface area contributed by atoms with E-state index in [9.17, 15) is 0 Å². The fourth-order valence-electron chi connectivity index (χ4n) is 2.67. The molecule has 1 fully saturated rings. The lowest BCUT2D eigenvalue weighted by Crippen LogP contribution is -2.08. The number of imidazole rings is 1. The lowest BCUT2D eigenvalue weighted by molar-refractivity contribution is 0.428. The molecule has 2 nitrogen and oxygen atoms in total. The standard InChI is InChI=1S/C13H15ClN2/c14-11-7-4-8-16-12(11)9-15-13(16)10-5-2-1-3-6-10/h4,7-10H,1-3,5-6H2. The van der Waals surface area contributed by atoms with Crippen molar-refractivity contribution in [2.75, 3.05) is 0 Å². The number of fused-ring (bicyclic) bond motifs is 1. The minimum absolute atomic E-state index is 0.620. The van der Waals surface area contributed by atoms with Gasteiger partial charge in [0, 0.05) is 12.1 Å². The molecule has 1 aliphatic carbocycles. The molecule has 0 radical (unpaired) electrons. The first-order valence-electron chi connectivity index (χ1n) is 5.98. The molecule has 2 aromatic heterocycles. The lowest BCUT2D eigenvalue weighted by Gasteiger charge is -2.20. The summed E-state index contributed by atoms with van der Waals surface area (Å²) in [6.45, 7) is 0. The molecule has 3 rings (SSSR count). The first-order valence-corrected chi connectivity index (χ1v) is 6.35.